The van der Waals surface area contributed by atoms with Crippen molar-refractivity contribution in [1.82, 2.24) is 5.06 Å². The summed E-state index contributed by atoms with van der Waals surface area (Å²) in [6.45, 7) is 3.87. The minimum Gasteiger partial charge on any atom is -0.477 e. The Morgan fingerprint density at radius 1 is 1.30 bits per heavy atom. The van der Waals surface area contributed by atoms with E-state index in [0.717, 1.165) is 17.9 Å². The zero-order valence-corrected chi connectivity index (χ0v) is 18.3. The highest BCUT2D eigenvalue weighted by Crippen LogP contribution is 2.45. The van der Waals surface area contributed by atoms with Crippen LogP contribution in [0.15, 0.2) is 23.6 Å². The van der Waals surface area contributed by atoms with Crippen LogP contribution in [0.2, 0.25) is 10.0 Å². The summed E-state index contributed by atoms with van der Waals surface area (Å²) in [4.78, 5) is 44.4. The van der Waals surface area contributed by atoms with Gasteiger partial charge < -0.3 is 9.47 Å². The van der Waals surface area contributed by atoms with Crippen LogP contribution in [-0.2, 0) is 19.1 Å². The Bertz CT molecular complexity index is 900. The van der Waals surface area contributed by atoms with E-state index < -0.39 is 18.0 Å². The van der Waals surface area contributed by atoms with E-state index in [0.29, 0.717) is 6.41 Å². The first kappa shape index (κ1) is 22.4. The predicted molar refractivity (Wildman–Crippen MR) is 110 cm³/mol. The van der Waals surface area contributed by atoms with Crippen molar-refractivity contribution in [2.24, 2.45) is 5.92 Å². The molecule has 1 atom stereocenters. The number of carbonyl (C=O) groups is 3. The number of hydrogen-bond donors (Lipinski definition) is 0. The summed E-state index contributed by atoms with van der Waals surface area (Å²) in [7, 11) is 1.23. The number of methoxy groups -OCH3 is 1. The monoisotopic (exact) mass is 456 g/mol. The molecule has 8 nitrogen and oxygen atoms in total. The number of hydrogen-bond acceptors (Lipinski definition) is 6. The topological polar surface area (TPSA) is 85.4 Å². The Hall–Kier alpha value is -2.29. The molecule has 2 amide bonds. The smallest absolute Gasteiger partial charge is 0.414 e. The third-order valence-electron chi connectivity index (χ3n) is 4.91. The van der Waals surface area contributed by atoms with Gasteiger partial charge in [0, 0.05) is 12.1 Å². The molecule has 1 saturated carbocycles. The van der Waals surface area contributed by atoms with Crippen LogP contribution in [0.3, 0.4) is 0 Å². The van der Waals surface area contributed by atoms with Crippen LogP contribution >= 0.6 is 23.2 Å². The number of nitrogens with zero attached hydrogens (tertiary/aromatic N) is 2. The Kier molecular flexibility index (Phi) is 6.90. The van der Waals surface area contributed by atoms with Gasteiger partial charge in [0.25, 0.3) is 0 Å². The fourth-order valence-electron chi connectivity index (χ4n) is 3.38. The van der Waals surface area contributed by atoms with Crippen molar-refractivity contribution in [3.8, 4) is 0 Å². The van der Waals surface area contributed by atoms with E-state index in [1.54, 1.807) is 13.8 Å². The van der Waals surface area contributed by atoms with E-state index in [1.165, 1.54) is 24.1 Å². The minimum atomic E-state index is -0.689. The minimum absolute atomic E-state index is 0.0439. The molecule has 0 bridgehead atoms. The second kappa shape index (κ2) is 9.24. The van der Waals surface area contributed by atoms with Crippen molar-refractivity contribution >= 4 is 47.2 Å². The first-order chi connectivity index (χ1) is 14.4. The fourth-order valence-corrected chi connectivity index (χ4v) is 3.80. The Morgan fingerprint density at radius 2 is 2.00 bits per heavy atom. The maximum absolute atomic E-state index is 13.7. The number of Topliss-reactive ketones (excluding diaryl/α,β-unsaturated/α-hetero) is 1. The van der Waals surface area contributed by atoms with Crippen LogP contribution in [0, 0.1) is 5.92 Å². The predicted octanol–water partition coefficient (Wildman–Crippen LogP) is 4.20. The summed E-state index contributed by atoms with van der Waals surface area (Å²) in [5.41, 5.74) is 0.476. The molecular weight excluding hydrogens is 435 g/mol. The summed E-state index contributed by atoms with van der Waals surface area (Å²) >= 11 is 12.6. The lowest BCUT2D eigenvalue weighted by Crippen LogP contribution is -2.32. The third-order valence-corrected chi connectivity index (χ3v) is 5.70. The highest BCUT2D eigenvalue weighted by molar-refractivity contribution is 6.44. The summed E-state index contributed by atoms with van der Waals surface area (Å²) in [6, 6.07) is 2.97. The molecule has 0 spiro atoms. The van der Waals surface area contributed by atoms with E-state index in [9.17, 15) is 14.4 Å². The number of carbonyl (C=O) groups excluding carboxylic acids is 3. The Balaban J connectivity index is 2.17. The van der Waals surface area contributed by atoms with Crippen LogP contribution in [0.5, 0.6) is 0 Å². The number of rotatable bonds is 8. The van der Waals surface area contributed by atoms with Gasteiger partial charge in [-0.3, -0.25) is 19.3 Å². The molecule has 1 aromatic carbocycles. The van der Waals surface area contributed by atoms with Gasteiger partial charge in [0.1, 0.15) is 6.10 Å². The van der Waals surface area contributed by atoms with E-state index >= 15 is 0 Å². The second-order valence-corrected chi connectivity index (χ2v) is 7.53. The van der Waals surface area contributed by atoms with Gasteiger partial charge in [0.15, 0.2) is 5.78 Å². The van der Waals surface area contributed by atoms with Crippen molar-refractivity contribution < 1.29 is 28.7 Å². The first-order valence-electron chi connectivity index (χ1n) is 9.55. The highest BCUT2D eigenvalue weighted by Gasteiger charge is 2.47. The van der Waals surface area contributed by atoms with Crippen LogP contribution in [0.25, 0.3) is 0 Å². The summed E-state index contributed by atoms with van der Waals surface area (Å²) in [5.74, 6) is -0.318. The van der Waals surface area contributed by atoms with Crippen molar-refractivity contribution in [3.63, 3.8) is 0 Å². The summed E-state index contributed by atoms with van der Waals surface area (Å²) < 4.78 is 10.4. The van der Waals surface area contributed by atoms with Gasteiger partial charge in [0.2, 0.25) is 12.3 Å². The van der Waals surface area contributed by atoms with Crippen LogP contribution in [-0.4, -0.2) is 49.7 Å². The summed E-state index contributed by atoms with van der Waals surface area (Å²) in [5, 5.41) is 1.16. The zero-order valence-electron chi connectivity index (χ0n) is 16.8. The molecular formula is C20H22Cl2N2O6. The third kappa shape index (κ3) is 3.99. The molecule has 2 aliphatic rings. The molecule has 0 radical (unpaired) electrons. The van der Waals surface area contributed by atoms with Gasteiger partial charge >= 0.3 is 6.09 Å². The number of anilines is 1. The van der Waals surface area contributed by atoms with Crippen molar-refractivity contribution in [2.45, 2.75) is 32.8 Å². The van der Waals surface area contributed by atoms with Crippen molar-refractivity contribution in [1.29, 1.82) is 0 Å². The molecule has 0 saturated heterocycles. The molecule has 1 aliphatic carbocycles. The van der Waals surface area contributed by atoms with Crippen molar-refractivity contribution in [3.05, 3.63) is 39.2 Å². The fraction of sp³-hybridized carbons (Fsp3) is 0.450. The molecule has 1 unspecified atom stereocenters. The zero-order chi connectivity index (χ0) is 22.0. The second-order valence-electron chi connectivity index (χ2n) is 6.75. The van der Waals surface area contributed by atoms with Gasteiger partial charge in [-0.2, -0.15) is 5.06 Å². The molecule has 0 N–H and O–H groups in total. The lowest BCUT2D eigenvalue weighted by molar-refractivity contribution is -0.176. The molecule has 1 aliphatic heterocycles. The standard InChI is InChI=1S/C20H22Cl2N2O6/c1-4-23(20(27)28-3)16-12(8-9-13(21)15(16)22)17(26)14-18(11-6-7-11)30-24(10-25)19(14)29-5-2/h8-11,18H,4-7H2,1-3H3. The quantitative estimate of drug-likeness (QED) is 0.430. The average molecular weight is 457 g/mol. The van der Waals surface area contributed by atoms with E-state index in [4.69, 9.17) is 37.5 Å². The van der Waals surface area contributed by atoms with Gasteiger partial charge in [-0.1, -0.05) is 23.2 Å². The number of hydroxylamine groups is 2. The van der Waals surface area contributed by atoms with Crippen LogP contribution in [0.4, 0.5) is 10.5 Å². The summed E-state index contributed by atoms with van der Waals surface area (Å²) in [6.07, 6.45) is 0.879. The van der Waals surface area contributed by atoms with E-state index in [-0.39, 0.29) is 51.8 Å². The number of halogens is 2. The number of benzene rings is 1. The molecule has 3 rings (SSSR count). The molecule has 10 heteroatoms. The lowest BCUT2D eigenvalue weighted by atomic mass is 9.95. The largest absolute Gasteiger partial charge is 0.477 e. The van der Waals surface area contributed by atoms with Crippen molar-refractivity contribution in [2.75, 3.05) is 25.2 Å². The maximum atomic E-state index is 13.7. The normalized spacial score (nSPS) is 18.4. The molecule has 1 heterocycles. The number of ether oxygens (including phenoxy) is 2. The SMILES string of the molecule is CCOC1=C(C(=O)c2ccc(Cl)c(Cl)c2N(CC)C(=O)OC)C(C2CC2)ON1C=O. The lowest BCUT2D eigenvalue weighted by Gasteiger charge is -2.24. The van der Waals surface area contributed by atoms with Gasteiger partial charge in [-0.25, -0.2) is 4.79 Å². The maximum Gasteiger partial charge on any atom is 0.414 e. The van der Waals surface area contributed by atoms with Gasteiger partial charge in [-0.05, 0) is 44.7 Å². The molecule has 1 fully saturated rings. The van der Waals surface area contributed by atoms with Crippen LogP contribution in [0.1, 0.15) is 37.0 Å². The highest BCUT2D eigenvalue weighted by atomic mass is 35.5. The Labute approximate surface area is 184 Å². The first-order valence-corrected chi connectivity index (χ1v) is 10.3. The average Bonchev–Trinajstić information content (AvgIpc) is 3.53. The molecule has 1 aromatic rings. The number of ketones is 1. The van der Waals surface area contributed by atoms with Crippen LogP contribution < -0.4 is 4.90 Å². The van der Waals surface area contributed by atoms with Gasteiger partial charge in [0.05, 0.1) is 35.0 Å². The molecule has 162 valence electrons. The van der Waals surface area contributed by atoms with E-state index in [2.05, 4.69) is 0 Å². The number of amides is 2. The molecule has 30 heavy (non-hydrogen) atoms. The van der Waals surface area contributed by atoms with E-state index in [1.807, 2.05) is 0 Å². The Morgan fingerprint density at radius 3 is 2.53 bits per heavy atom. The van der Waals surface area contributed by atoms with Gasteiger partial charge in [-0.15, -0.1) is 0 Å². The molecule has 0 aromatic heterocycles.